The Morgan fingerprint density at radius 3 is 2.76 bits per heavy atom. The Morgan fingerprint density at radius 1 is 1.21 bits per heavy atom. The maximum Gasteiger partial charge on any atom is 0.422 e. The number of alkyl halides is 3. The molecule has 7 nitrogen and oxygen atoms in total. The highest BCUT2D eigenvalue weighted by atomic mass is 32.1. The third-order valence-electron chi connectivity index (χ3n) is 4.79. The number of anilines is 1. The van der Waals surface area contributed by atoms with Crippen LogP contribution in [0.15, 0.2) is 48.7 Å². The standard InChI is InChI=1S/C22H19F3N4O3S/c1-12(30)27-18(8-13-10-26-16-5-3-2-4-15(13)16)20(31)29-21-28-17-7-6-14(9-19(17)33-21)32-11-22(23,24)25/h2-7,9-10,18,26H,8,11H2,1H3,(H,27,30)(H,28,29,31). The van der Waals surface area contributed by atoms with Crippen LogP contribution >= 0.6 is 11.3 Å². The van der Waals surface area contributed by atoms with E-state index in [-0.39, 0.29) is 23.2 Å². The molecule has 0 radical (unpaired) electrons. The lowest BCUT2D eigenvalue weighted by Crippen LogP contribution is -2.44. The number of nitrogens with one attached hydrogen (secondary N) is 3. The van der Waals surface area contributed by atoms with Crippen molar-refractivity contribution in [3.05, 3.63) is 54.2 Å². The molecule has 0 spiro atoms. The molecule has 33 heavy (non-hydrogen) atoms. The van der Waals surface area contributed by atoms with Crippen molar-refractivity contribution in [2.45, 2.75) is 25.6 Å². The number of hydrogen-bond donors (Lipinski definition) is 3. The predicted octanol–water partition coefficient (Wildman–Crippen LogP) is 4.40. The van der Waals surface area contributed by atoms with Crippen molar-refractivity contribution >= 4 is 49.4 Å². The number of hydrogen-bond acceptors (Lipinski definition) is 5. The van der Waals surface area contributed by atoms with E-state index in [0.717, 1.165) is 27.8 Å². The zero-order valence-corrected chi connectivity index (χ0v) is 18.1. The Kier molecular flexibility index (Phi) is 6.23. The third kappa shape index (κ3) is 5.61. The molecular weight excluding hydrogens is 457 g/mol. The fourth-order valence-electron chi connectivity index (χ4n) is 3.38. The second kappa shape index (κ2) is 9.10. The topological polar surface area (TPSA) is 96.1 Å². The second-order valence-corrected chi connectivity index (χ2v) is 8.39. The van der Waals surface area contributed by atoms with E-state index in [9.17, 15) is 22.8 Å². The van der Waals surface area contributed by atoms with Gasteiger partial charge in [-0.1, -0.05) is 29.5 Å². The predicted molar refractivity (Wildman–Crippen MR) is 119 cm³/mol. The van der Waals surface area contributed by atoms with Crippen LogP contribution in [0.4, 0.5) is 18.3 Å². The highest BCUT2D eigenvalue weighted by Gasteiger charge is 2.28. The van der Waals surface area contributed by atoms with Crippen molar-refractivity contribution in [3.63, 3.8) is 0 Å². The molecule has 2 aromatic carbocycles. The number of ether oxygens (including phenoxy) is 1. The largest absolute Gasteiger partial charge is 0.484 e. The molecule has 0 bridgehead atoms. The number of thiazole rings is 1. The van der Waals surface area contributed by atoms with Gasteiger partial charge in [-0.25, -0.2) is 4.98 Å². The number of para-hydroxylation sites is 1. The van der Waals surface area contributed by atoms with Crippen LogP contribution in [-0.4, -0.2) is 40.6 Å². The van der Waals surface area contributed by atoms with E-state index >= 15 is 0 Å². The smallest absolute Gasteiger partial charge is 0.422 e. The number of carbonyl (C=O) groups excluding carboxylic acids is 2. The zero-order valence-electron chi connectivity index (χ0n) is 17.3. The summed E-state index contributed by atoms with van der Waals surface area (Å²) in [5.74, 6) is -0.759. The summed E-state index contributed by atoms with van der Waals surface area (Å²) in [5, 5.41) is 6.57. The van der Waals surface area contributed by atoms with Crippen LogP contribution in [0.3, 0.4) is 0 Å². The quantitative estimate of drug-likeness (QED) is 0.368. The molecule has 1 unspecified atom stereocenters. The molecule has 3 N–H and O–H groups in total. The Labute approximate surface area is 190 Å². The Morgan fingerprint density at radius 2 is 2.00 bits per heavy atom. The van der Waals surface area contributed by atoms with Crippen LogP contribution in [0, 0.1) is 0 Å². The van der Waals surface area contributed by atoms with Gasteiger partial charge in [0.15, 0.2) is 11.7 Å². The van der Waals surface area contributed by atoms with E-state index in [4.69, 9.17) is 4.74 Å². The van der Waals surface area contributed by atoms with Crippen molar-refractivity contribution < 1.29 is 27.5 Å². The molecule has 0 aliphatic heterocycles. The summed E-state index contributed by atoms with van der Waals surface area (Å²) in [6.07, 6.45) is -2.38. The van der Waals surface area contributed by atoms with Gasteiger partial charge in [-0.3, -0.25) is 9.59 Å². The van der Waals surface area contributed by atoms with Crippen LogP contribution in [0.5, 0.6) is 5.75 Å². The van der Waals surface area contributed by atoms with Crippen molar-refractivity contribution in [2.75, 3.05) is 11.9 Å². The molecule has 1 atom stereocenters. The lowest BCUT2D eigenvalue weighted by atomic mass is 10.0. The fraction of sp³-hybridized carbons (Fsp3) is 0.227. The first-order valence-electron chi connectivity index (χ1n) is 9.91. The Hall–Kier alpha value is -3.60. The van der Waals surface area contributed by atoms with Crippen LogP contribution in [-0.2, 0) is 16.0 Å². The molecule has 0 aliphatic carbocycles. The average Bonchev–Trinajstić information content (AvgIpc) is 3.34. The molecule has 0 fully saturated rings. The maximum atomic E-state index is 12.9. The van der Waals surface area contributed by atoms with Crippen LogP contribution < -0.4 is 15.4 Å². The van der Waals surface area contributed by atoms with Gasteiger partial charge in [0.05, 0.1) is 10.2 Å². The van der Waals surface area contributed by atoms with Crippen molar-refractivity contribution in [1.82, 2.24) is 15.3 Å². The van der Waals surface area contributed by atoms with Crippen molar-refractivity contribution in [3.8, 4) is 5.75 Å². The van der Waals surface area contributed by atoms with Crippen molar-refractivity contribution in [1.29, 1.82) is 0 Å². The van der Waals surface area contributed by atoms with E-state index in [0.29, 0.717) is 10.2 Å². The van der Waals surface area contributed by atoms with E-state index in [1.807, 2.05) is 24.3 Å². The molecule has 0 saturated heterocycles. The van der Waals surface area contributed by atoms with Gasteiger partial charge in [0.25, 0.3) is 0 Å². The monoisotopic (exact) mass is 476 g/mol. The van der Waals surface area contributed by atoms with Gasteiger partial charge in [0.1, 0.15) is 11.8 Å². The molecular formula is C22H19F3N4O3S. The highest BCUT2D eigenvalue weighted by molar-refractivity contribution is 7.22. The minimum Gasteiger partial charge on any atom is -0.484 e. The number of H-pyrrole nitrogens is 1. The summed E-state index contributed by atoms with van der Waals surface area (Å²) in [6.45, 7) is -0.0667. The number of halogens is 3. The zero-order chi connectivity index (χ0) is 23.6. The third-order valence-corrected chi connectivity index (χ3v) is 5.72. The van der Waals surface area contributed by atoms with Gasteiger partial charge in [0.2, 0.25) is 11.8 Å². The lowest BCUT2D eigenvalue weighted by molar-refractivity contribution is -0.153. The molecule has 4 rings (SSSR count). The lowest BCUT2D eigenvalue weighted by Gasteiger charge is -2.16. The summed E-state index contributed by atoms with van der Waals surface area (Å²) >= 11 is 1.10. The number of amides is 2. The molecule has 0 saturated carbocycles. The number of rotatable bonds is 7. The molecule has 2 aromatic heterocycles. The second-order valence-electron chi connectivity index (χ2n) is 7.36. The number of aromatic amines is 1. The number of aromatic nitrogens is 2. The van der Waals surface area contributed by atoms with E-state index in [1.165, 1.54) is 25.1 Å². The molecule has 2 amide bonds. The number of benzene rings is 2. The fourth-order valence-corrected chi connectivity index (χ4v) is 4.28. The molecule has 11 heteroatoms. The average molecular weight is 476 g/mol. The van der Waals surface area contributed by atoms with Crippen molar-refractivity contribution in [2.24, 2.45) is 0 Å². The normalized spacial score (nSPS) is 12.6. The Balaban J connectivity index is 1.50. The van der Waals surface area contributed by atoms with Gasteiger partial charge in [-0.05, 0) is 29.8 Å². The first-order chi connectivity index (χ1) is 15.7. The SMILES string of the molecule is CC(=O)NC(Cc1c[nH]c2ccccc12)C(=O)Nc1nc2ccc(OCC(F)(F)F)cc2s1. The van der Waals surface area contributed by atoms with Gasteiger partial charge >= 0.3 is 6.18 Å². The molecule has 172 valence electrons. The number of carbonyl (C=O) groups is 2. The summed E-state index contributed by atoms with van der Waals surface area (Å²) < 4.78 is 42.4. The minimum atomic E-state index is -4.44. The summed E-state index contributed by atoms with van der Waals surface area (Å²) in [5.41, 5.74) is 2.29. The first-order valence-corrected chi connectivity index (χ1v) is 10.7. The van der Waals surface area contributed by atoms with Crippen LogP contribution in [0.25, 0.3) is 21.1 Å². The van der Waals surface area contributed by atoms with E-state index in [1.54, 1.807) is 6.20 Å². The van der Waals surface area contributed by atoms with Gasteiger partial charge in [0, 0.05) is 30.4 Å². The first kappa shape index (κ1) is 22.6. The van der Waals surface area contributed by atoms with Crippen LogP contribution in [0.1, 0.15) is 12.5 Å². The summed E-state index contributed by atoms with van der Waals surface area (Å²) in [4.78, 5) is 32.1. The molecule has 0 aliphatic rings. The molecule has 4 aromatic rings. The maximum absolute atomic E-state index is 12.9. The number of nitrogens with zero attached hydrogens (tertiary/aromatic N) is 1. The van der Waals surface area contributed by atoms with Crippen LogP contribution in [0.2, 0.25) is 0 Å². The summed E-state index contributed by atoms with van der Waals surface area (Å²) in [7, 11) is 0. The highest BCUT2D eigenvalue weighted by Crippen LogP contribution is 2.30. The molecule has 2 heterocycles. The number of fused-ring (bicyclic) bond motifs is 2. The van der Waals surface area contributed by atoms with E-state index in [2.05, 4.69) is 20.6 Å². The van der Waals surface area contributed by atoms with E-state index < -0.39 is 24.7 Å². The minimum absolute atomic E-state index is 0.0526. The summed E-state index contributed by atoms with van der Waals surface area (Å²) in [6, 6.07) is 11.1. The Bertz CT molecular complexity index is 1320. The van der Waals surface area contributed by atoms with Gasteiger partial charge in [-0.15, -0.1) is 0 Å². The van der Waals surface area contributed by atoms with Gasteiger partial charge in [-0.2, -0.15) is 13.2 Å². The van der Waals surface area contributed by atoms with Gasteiger partial charge < -0.3 is 20.4 Å².